The van der Waals surface area contributed by atoms with Gasteiger partial charge in [0.15, 0.2) is 0 Å². The van der Waals surface area contributed by atoms with Crippen molar-refractivity contribution in [3.05, 3.63) is 29.8 Å². The second kappa shape index (κ2) is 11.2. The molecule has 0 bridgehead atoms. The number of aryl methyl sites for hydroxylation is 1. The first kappa shape index (κ1) is 24.1. The second-order valence-corrected chi connectivity index (χ2v) is 13.2. The van der Waals surface area contributed by atoms with Gasteiger partial charge in [-0.15, -0.1) is 0 Å². The Kier molecular flexibility index (Phi) is 9.99. The first-order valence-corrected chi connectivity index (χ1v) is 13.0. The molecule has 156 valence electrons. The summed E-state index contributed by atoms with van der Waals surface area (Å²) in [5.41, 5.74) is 1.65. The first-order valence-electron chi connectivity index (χ1n) is 9.04. The average molecular weight is 513 g/mol. The van der Waals surface area contributed by atoms with E-state index < -0.39 is 43.7 Å². The molecule has 0 heterocycles. The molecule has 0 radical (unpaired) electrons. The topological polar surface area (TPSA) is 95.5 Å². The normalized spacial score (nSPS) is 13.5. The van der Waals surface area contributed by atoms with Gasteiger partial charge in [-0.2, -0.15) is 0 Å². The summed E-state index contributed by atoms with van der Waals surface area (Å²) in [6, 6.07) is 6.71. The summed E-state index contributed by atoms with van der Waals surface area (Å²) in [6.45, 7) is 2.16. The van der Waals surface area contributed by atoms with Gasteiger partial charge in [0.05, 0.1) is 0 Å². The molecule has 1 atom stereocenters. The zero-order chi connectivity index (χ0) is 20.5. The molecule has 7 nitrogen and oxygen atoms in total. The Hall–Kier alpha value is -0.910. The van der Waals surface area contributed by atoms with Gasteiger partial charge in [0.25, 0.3) is 0 Å². The molecule has 0 saturated carbocycles. The van der Waals surface area contributed by atoms with E-state index in [0.717, 1.165) is 22.0 Å². The minimum atomic E-state index is -3.83. The first-order chi connectivity index (χ1) is 12.5. The predicted molar refractivity (Wildman–Crippen MR) is 104 cm³/mol. The summed E-state index contributed by atoms with van der Waals surface area (Å²) in [5, 5.41) is 9.07. The number of hydrogen-bond acceptors (Lipinski definition) is 3. The van der Waals surface area contributed by atoms with Crippen molar-refractivity contribution in [2.75, 3.05) is 30.3 Å². The molecule has 3 N–H and O–H groups in total. The number of quaternary nitrogens is 1. The molecule has 0 aliphatic carbocycles. The minimum absolute atomic E-state index is 0.225. The van der Waals surface area contributed by atoms with Gasteiger partial charge >= 0.3 is 161 Å². The number of nitrogens with one attached hydrogen (secondary N) is 2. The van der Waals surface area contributed by atoms with Gasteiger partial charge in [-0.1, -0.05) is 13.3 Å². The Morgan fingerprint density at radius 3 is 2.33 bits per heavy atom. The van der Waals surface area contributed by atoms with E-state index in [0.29, 0.717) is 10.1 Å². The van der Waals surface area contributed by atoms with E-state index in [-0.39, 0.29) is 6.42 Å². The van der Waals surface area contributed by atoms with Crippen molar-refractivity contribution in [3.8, 4) is 0 Å². The Bertz CT molecular complexity index is 688. The van der Waals surface area contributed by atoms with Gasteiger partial charge < -0.3 is 0 Å². The number of hydrogen-bond donors (Lipinski definition) is 3. The van der Waals surface area contributed by atoms with Crippen LogP contribution in [0.3, 0.4) is 0 Å². The van der Waals surface area contributed by atoms with Crippen LogP contribution >= 0.6 is 0 Å². The third-order valence-electron chi connectivity index (χ3n) is 3.63. The third-order valence-corrected chi connectivity index (χ3v) is 8.28. The van der Waals surface area contributed by atoms with Crippen LogP contribution in [0.25, 0.3) is 0 Å². The molecule has 1 aromatic rings. The van der Waals surface area contributed by atoms with Crippen LogP contribution in [0.15, 0.2) is 24.3 Å². The van der Waals surface area contributed by atoms with E-state index in [2.05, 4.69) is 16.4 Å². The SMILES string of the molecule is CCCCCc1ccc(NS(=O)(=O)N[C@@H](C[I-][N+](C)(C)C)CC(=O)O)cc1. The molecule has 0 unspecified atom stereocenters. The van der Waals surface area contributed by atoms with Crippen LogP contribution in [0.4, 0.5) is 5.69 Å². The van der Waals surface area contributed by atoms with Gasteiger partial charge in [-0.05, 0) is 0 Å². The Balaban J connectivity index is 2.69. The molecule has 0 saturated heterocycles. The molecule has 1 rings (SSSR count). The van der Waals surface area contributed by atoms with Crippen molar-refractivity contribution in [3.63, 3.8) is 0 Å². The predicted octanol–water partition coefficient (Wildman–Crippen LogP) is -0.781. The number of rotatable bonds is 13. The summed E-state index contributed by atoms with van der Waals surface area (Å²) in [7, 11) is 2.25. The molecular formula is C18H32IN3O4S. The number of benzene rings is 1. The molecule has 1 aromatic carbocycles. The number of nitrogens with zero attached hydrogens (tertiary/aromatic N) is 1. The summed E-state index contributed by atoms with van der Waals surface area (Å²) in [4.78, 5) is 11.1. The number of carbonyl (C=O) groups is 1. The van der Waals surface area contributed by atoms with Crippen molar-refractivity contribution in [2.24, 2.45) is 0 Å². The summed E-state index contributed by atoms with van der Waals surface area (Å²) in [5.74, 6) is -1.01. The van der Waals surface area contributed by atoms with Gasteiger partial charge in [0, 0.05) is 0 Å². The van der Waals surface area contributed by atoms with E-state index in [4.69, 9.17) is 5.11 Å². The van der Waals surface area contributed by atoms with Crippen molar-refractivity contribution >= 4 is 21.9 Å². The van der Waals surface area contributed by atoms with Gasteiger partial charge in [-0.25, -0.2) is 0 Å². The maximum absolute atomic E-state index is 12.4. The Morgan fingerprint density at radius 2 is 1.81 bits per heavy atom. The van der Waals surface area contributed by atoms with Crippen LogP contribution in [0.2, 0.25) is 0 Å². The number of anilines is 1. The maximum atomic E-state index is 12.4. The molecule has 0 aromatic heterocycles. The van der Waals surface area contributed by atoms with Crippen LogP contribution in [0.5, 0.6) is 0 Å². The van der Waals surface area contributed by atoms with Crippen molar-refractivity contribution in [1.29, 1.82) is 0 Å². The van der Waals surface area contributed by atoms with Crippen molar-refractivity contribution in [1.82, 2.24) is 4.72 Å². The third kappa shape index (κ3) is 11.5. The van der Waals surface area contributed by atoms with Crippen LogP contribution in [0, 0.1) is 0 Å². The number of carboxylic acids is 1. The monoisotopic (exact) mass is 513 g/mol. The zero-order valence-electron chi connectivity index (χ0n) is 16.5. The Morgan fingerprint density at radius 1 is 1.19 bits per heavy atom. The van der Waals surface area contributed by atoms with Crippen LogP contribution in [-0.2, 0) is 21.4 Å². The number of alkyl halides is 1. The van der Waals surface area contributed by atoms with Crippen LogP contribution < -0.4 is 30.9 Å². The van der Waals surface area contributed by atoms with E-state index in [1.54, 1.807) is 12.1 Å². The summed E-state index contributed by atoms with van der Waals surface area (Å²) in [6.07, 6.45) is 4.22. The van der Waals surface area contributed by atoms with E-state index in [9.17, 15) is 13.2 Å². The Labute approximate surface area is 173 Å². The molecule has 0 amide bonds. The summed E-state index contributed by atoms with van der Waals surface area (Å²) < 4.78 is 31.1. The molecular weight excluding hydrogens is 481 g/mol. The van der Waals surface area contributed by atoms with Gasteiger partial charge in [-0.3, -0.25) is 0 Å². The number of halogens is 1. The fourth-order valence-electron chi connectivity index (χ4n) is 2.35. The number of aliphatic carboxylic acids is 1. The molecule has 0 fully saturated rings. The zero-order valence-corrected chi connectivity index (χ0v) is 19.5. The molecule has 0 aliphatic rings. The molecule has 0 spiro atoms. The number of carboxylic acid groups (broad SMARTS) is 1. The van der Waals surface area contributed by atoms with Gasteiger partial charge in [0.1, 0.15) is 0 Å². The molecule has 9 heteroatoms. The van der Waals surface area contributed by atoms with Crippen LogP contribution in [-0.4, -0.2) is 53.8 Å². The van der Waals surface area contributed by atoms with Crippen LogP contribution in [0.1, 0.15) is 38.2 Å². The quantitative estimate of drug-likeness (QED) is 0.140. The molecule has 0 aliphatic heterocycles. The fourth-order valence-corrected chi connectivity index (χ4v) is 5.95. The van der Waals surface area contributed by atoms with E-state index in [1.807, 2.05) is 33.3 Å². The average Bonchev–Trinajstić information content (AvgIpc) is 2.53. The van der Waals surface area contributed by atoms with Crippen molar-refractivity contribution < 1.29 is 42.5 Å². The molecule has 27 heavy (non-hydrogen) atoms. The van der Waals surface area contributed by atoms with Crippen molar-refractivity contribution in [2.45, 2.75) is 45.1 Å². The standard InChI is InChI=1S/C18H32IN3O4S/c1-5-6-7-8-15-9-11-16(12-10-15)20-27(25,26)21-17(13-18(23)24)14-19-22(2,3)4/h9-12,17,20-21H,5-8,13-14H2,1-4H3,(H,23,24)/t17-/m1/s1. The van der Waals surface area contributed by atoms with E-state index >= 15 is 0 Å². The van der Waals surface area contributed by atoms with E-state index in [1.165, 1.54) is 12.0 Å². The van der Waals surface area contributed by atoms with Gasteiger partial charge in [0.2, 0.25) is 0 Å². The number of unbranched alkanes of at least 4 members (excludes halogenated alkanes) is 2. The fraction of sp³-hybridized carbons (Fsp3) is 0.611. The summed E-state index contributed by atoms with van der Waals surface area (Å²) >= 11 is -0.399. The second-order valence-electron chi connectivity index (χ2n) is 7.29.